The molecule has 3 unspecified atom stereocenters. The lowest BCUT2D eigenvalue weighted by atomic mass is 9.84. The number of fused-ring (bicyclic) bond motifs is 1. The van der Waals surface area contributed by atoms with Gasteiger partial charge in [0.15, 0.2) is 0 Å². The van der Waals surface area contributed by atoms with Gasteiger partial charge in [0.05, 0.1) is 35.5 Å². The van der Waals surface area contributed by atoms with E-state index in [-0.39, 0.29) is 36.9 Å². The van der Waals surface area contributed by atoms with Crippen molar-refractivity contribution >= 4 is 5.91 Å². The van der Waals surface area contributed by atoms with Crippen LogP contribution in [-0.2, 0) is 21.9 Å². The number of carbonyl (C=O) groups is 1. The molecular weight excluding hydrogens is 483 g/mol. The third-order valence-electron chi connectivity index (χ3n) is 6.59. The zero-order valence-corrected chi connectivity index (χ0v) is 18.4. The Morgan fingerprint density at radius 2 is 1.57 bits per heavy atom. The summed E-state index contributed by atoms with van der Waals surface area (Å²) in [4.78, 5) is 13.9. The third kappa shape index (κ3) is 5.16. The van der Waals surface area contributed by atoms with Crippen molar-refractivity contribution in [3.8, 4) is 0 Å². The van der Waals surface area contributed by atoms with Gasteiger partial charge in [-0.25, -0.2) is 4.39 Å². The van der Waals surface area contributed by atoms with Gasteiger partial charge in [-0.3, -0.25) is 4.79 Å². The molecule has 1 amide bonds. The van der Waals surface area contributed by atoms with E-state index in [1.54, 1.807) is 0 Å². The molecule has 0 saturated carbocycles. The SMILES string of the molecule is C[C@@H](O[C@H]1CN2C(=O)CCC(O)C2C1c1ccc(F)cc1)c1cc(C(F)(F)F)cc(C(F)(F)F)c1. The van der Waals surface area contributed by atoms with Gasteiger partial charge in [-0.15, -0.1) is 0 Å². The molecule has 0 aromatic heterocycles. The van der Waals surface area contributed by atoms with Gasteiger partial charge in [-0.05, 0) is 54.8 Å². The fraction of sp³-hybridized carbons (Fsp3) is 0.458. The largest absolute Gasteiger partial charge is 0.416 e. The molecule has 2 aliphatic heterocycles. The van der Waals surface area contributed by atoms with Crippen LogP contribution in [0.4, 0.5) is 30.7 Å². The molecular formula is C24H22F7NO3. The molecule has 190 valence electrons. The number of hydrogen-bond acceptors (Lipinski definition) is 3. The number of carbonyl (C=O) groups excluding carboxylic acids is 1. The predicted octanol–water partition coefficient (Wildman–Crippen LogP) is 5.46. The van der Waals surface area contributed by atoms with Crippen LogP contribution in [-0.4, -0.2) is 40.7 Å². The van der Waals surface area contributed by atoms with E-state index < -0.39 is 59.6 Å². The van der Waals surface area contributed by atoms with Crippen molar-refractivity contribution in [3.05, 3.63) is 70.5 Å². The van der Waals surface area contributed by atoms with Crippen molar-refractivity contribution in [2.75, 3.05) is 6.54 Å². The lowest BCUT2D eigenvalue weighted by molar-refractivity contribution is -0.143. The number of nitrogens with zero attached hydrogens (tertiary/aromatic N) is 1. The summed E-state index contributed by atoms with van der Waals surface area (Å²) in [6, 6.07) is 5.85. The van der Waals surface area contributed by atoms with Crippen molar-refractivity contribution in [2.24, 2.45) is 0 Å². The van der Waals surface area contributed by atoms with Crippen molar-refractivity contribution in [2.45, 2.75) is 62.4 Å². The number of ether oxygens (including phenoxy) is 1. The summed E-state index contributed by atoms with van der Waals surface area (Å²) in [5.74, 6) is -1.42. The molecule has 4 nitrogen and oxygen atoms in total. The van der Waals surface area contributed by atoms with Gasteiger partial charge in [0, 0.05) is 18.9 Å². The van der Waals surface area contributed by atoms with Crippen molar-refractivity contribution in [1.82, 2.24) is 4.90 Å². The zero-order valence-electron chi connectivity index (χ0n) is 18.4. The standard InChI is InChI=1S/C24H22F7NO3/c1-12(14-8-15(23(26,27)28)10-16(9-14)24(29,30)31)35-19-11-32-20(34)7-6-18(33)22(32)21(19)13-2-4-17(25)5-3-13/h2-5,8-10,12,18-19,21-22,33H,6-7,11H2,1H3/t12-,18?,19+,21?,22?/m1/s1. The van der Waals surface area contributed by atoms with E-state index in [4.69, 9.17) is 4.74 Å². The van der Waals surface area contributed by atoms with E-state index in [1.165, 1.54) is 36.1 Å². The van der Waals surface area contributed by atoms with Crippen LogP contribution in [0.5, 0.6) is 0 Å². The molecule has 0 aliphatic carbocycles. The Morgan fingerprint density at radius 1 is 1.00 bits per heavy atom. The Hall–Kier alpha value is -2.66. The summed E-state index contributed by atoms with van der Waals surface area (Å²) >= 11 is 0. The van der Waals surface area contributed by atoms with Gasteiger partial charge >= 0.3 is 12.4 Å². The van der Waals surface area contributed by atoms with E-state index in [2.05, 4.69) is 0 Å². The maximum absolute atomic E-state index is 13.5. The molecule has 2 aromatic carbocycles. The van der Waals surface area contributed by atoms with Gasteiger partial charge in [0.25, 0.3) is 0 Å². The molecule has 5 atom stereocenters. The van der Waals surface area contributed by atoms with Gasteiger partial charge < -0.3 is 14.7 Å². The van der Waals surface area contributed by atoms with Crippen LogP contribution < -0.4 is 0 Å². The van der Waals surface area contributed by atoms with Crippen LogP contribution in [0.2, 0.25) is 0 Å². The summed E-state index contributed by atoms with van der Waals surface area (Å²) in [5, 5.41) is 10.6. The quantitative estimate of drug-likeness (QED) is 0.562. The van der Waals surface area contributed by atoms with Crippen LogP contribution in [0.15, 0.2) is 42.5 Å². The van der Waals surface area contributed by atoms with E-state index in [0.717, 1.165) is 0 Å². The Bertz CT molecular complexity index is 1050. The minimum atomic E-state index is -5.00. The molecule has 0 spiro atoms. The van der Waals surface area contributed by atoms with Crippen LogP contribution in [0.1, 0.15) is 54.0 Å². The molecule has 4 rings (SSSR count). The minimum absolute atomic E-state index is 0.0158. The number of piperidine rings is 1. The van der Waals surface area contributed by atoms with E-state index in [1.807, 2.05) is 0 Å². The first-order chi connectivity index (χ1) is 16.3. The lowest BCUT2D eigenvalue weighted by Crippen LogP contribution is -2.49. The van der Waals surface area contributed by atoms with Crippen molar-refractivity contribution in [3.63, 3.8) is 0 Å². The highest BCUT2D eigenvalue weighted by molar-refractivity contribution is 5.78. The first-order valence-corrected chi connectivity index (χ1v) is 10.9. The summed E-state index contributed by atoms with van der Waals surface area (Å²) in [5.41, 5.74) is -2.71. The highest BCUT2D eigenvalue weighted by Gasteiger charge is 2.51. The molecule has 2 saturated heterocycles. The molecule has 2 fully saturated rings. The maximum atomic E-state index is 13.5. The monoisotopic (exact) mass is 505 g/mol. The molecule has 35 heavy (non-hydrogen) atoms. The highest BCUT2D eigenvalue weighted by Crippen LogP contribution is 2.43. The summed E-state index contributed by atoms with van der Waals surface area (Å²) in [6.45, 7) is 1.31. The number of aliphatic hydroxyl groups excluding tert-OH is 1. The Morgan fingerprint density at radius 3 is 2.11 bits per heavy atom. The molecule has 2 heterocycles. The number of aliphatic hydroxyl groups is 1. The minimum Gasteiger partial charge on any atom is -0.391 e. The molecule has 2 aromatic rings. The second-order valence-electron chi connectivity index (χ2n) is 8.88. The molecule has 0 radical (unpaired) electrons. The Kier molecular flexibility index (Phi) is 6.60. The fourth-order valence-corrected chi connectivity index (χ4v) is 4.92. The van der Waals surface area contributed by atoms with E-state index >= 15 is 0 Å². The Balaban J connectivity index is 1.70. The number of halogens is 7. The number of alkyl halides is 6. The first kappa shape index (κ1) is 25.4. The summed E-state index contributed by atoms with van der Waals surface area (Å²) in [7, 11) is 0. The molecule has 11 heteroatoms. The van der Waals surface area contributed by atoms with Crippen LogP contribution >= 0.6 is 0 Å². The topological polar surface area (TPSA) is 49.8 Å². The maximum Gasteiger partial charge on any atom is 0.416 e. The Labute approximate surface area is 196 Å². The third-order valence-corrected chi connectivity index (χ3v) is 6.59. The predicted molar refractivity (Wildman–Crippen MR) is 110 cm³/mol. The normalized spacial score (nSPS) is 26.1. The van der Waals surface area contributed by atoms with Crippen LogP contribution in [0, 0.1) is 5.82 Å². The fourth-order valence-electron chi connectivity index (χ4n) is 4.92. The summed E-state index contributed by atoms with van der Waals surface area (Å²) < 4.78 is 99.3. The second kappa shape index (κ2) is 9.09. The average Bonchev–Trinajstić information content (AvgIpc) is 3.15. The number of amides is 1. The highest BCUT2D eigenvalue weighted by atomic mass is 19.4. The van der Waals surface area contributed by atoms with Crippen molar-refractivity contribution < 1.29 is 45.4 Å². The van der Waals surface area contributed by atoms with Crippen LogP contribution in [0.25, 0.3) is 0 Å². The van der Waals surface area contributed by atoms with Gasteiger partial charge in [0.1, 0.15) is 5.82 Å². The smallest absolute Gasteiger partial charge is 0.391 e. The van der Waals surface area contributed by atoms with Gasteiger partial charge in [0.2, 0.25) is 5.91 Å². The molecule has 0 bridgehead atoms. The van der Waals surface area contributed by atoms with Crippen LogP contribution in [0.3, 0.4) is 0 Å². The average molecular weight is 505 g/mol. The van der Waals surface area contributed by atoms with E-state index in [9.17, 15) is 40.6 Å². The van der Waals surface area contributed by atoms with E-state index in [0.29, 0.717) is 17.7 Å². The lowest BCUT2D eigenvalue weighted by Gasteiger charge is -2.36. The zero-order chi connectivity index (χ0) is 25.7. The number of benzene rings is 2. The number of hydrogen-bond donors (Lipinski definition) is 1. The second-order valence-corrected chi connectivity index (χ2v) is 8.88. The van der Waals surface area contributed by atoms with Gasteiger partial charge in [-0.2, -0.15) is 26.3 Å². The number of rotatable bonds is 4. The van der Waals surface area contributed by atoms with Crippen molar-refractivity contribution in [1.29, 1.82) is 0 Å². The van der Waals surface area contributed by atoms with Gasteiger partial charge in [-0.1, -0.05) is 12.1 Å². The molecule has 2 aliphatic rings. The molecule has 1 N–H and O–H groups in total. The summed E-state index contributed by atoms with van der Waals surface area (Å²) in [6.07, 6.45) is -12.7. The first-order valence-electron chi connectivity index (χ1n) is 10.9.